The highest BCUT2D eigenvalue weighted by molar-refractivity contribution is 5.98. The van der Waals surface area contributed by atoms with Crippen molar-refractivity contribution < 1.29 is 9.90 Å². The van der Waals surface area contributed by atoms with Crippen molar-refractivity contribution in [3.63, 3.8) is 0 Å². The zero-order valence-electron chi connectivity index (χ0n) is 9.74. The summed E-state index contributed by atoms with van der Waals surface area (Å²) in [5.41, 5.74) is 0.629. The normalized spacial score (nSPS) is 13.6. The van der Waals surface area contributed by atoms with Gasteiger partial charge in [0, 0.05) is 11.5 Å². The molecule has 1 rings (SSSR count). The van der Waals surface area contributed by atoms with Gasteiger partial charge in [0.2, 0.25) is 0 Å². The molecule has 0 bridgehead atoms. The average molecular weight is 206 g/mol. The molecule has 0 amide bonds. The fraction of sp³-hybridized carbons (Fsp3) is 0.462. The molecule has 82 valence electrons. The van der Waals surface area contributed by atoms with Crippen LogP contribution in [0.3, 0.4) is 0 Å². The monoisotopic (exact) mass is 206 g/mol. The van der Waals surface area contributed by atoms with Crippen molar-refractivity contribution in [2.45, 2.75) is 27.7 Å². The second-order valence-corrected chi connectivity index (χ2v) is 5.00. The molecule has 2 nitrogen and oxygen atoms in total. The van der Waals surface area contributed by atoms with E-state index < -0.39 is 0 Å². The van der Waals surface area contributed by atoms with Crippen LogP contribution >= 0.6 is 0 Å². The first-order valence-corrected chi connectivity index (χ1v) is 5.15. The van der Waals surface area contributed by atoms with Gasteiger partial charge in [0.25, 0.3) is 0 Å². The number of carbonyl (C=O) groups is 1. The number of hydrogen-bond acceptors (Lipinski definition) is 2. The van der Waals surface area contributed by atoms with E-state index in [2.05, 4.69) is 20.8 Å². The third-order valence-corrected chi connectivity index (χ3v) is 2.84. The molecule has 1 aromatic carbocycles. The molecule has 15 heavy (non-hydrogen) atoms. The second-order valence-electron chi connectivity index (χ2n) is 5.00. The fourth-order valence-corrected chi connectivity index (χ4v) is 1.27. The molecule has 0 aromatic heterocycles. The van der Waals surface area contributed by atoms with E-state index in [1.165, 1.54) is 0 Å². The lowest BCUT2D eigenvalue weighted by Crippen LogP contribution is -2.25. The summed E-state index contributed by atoms with van der Waals surface area (Å²) < 4.78 is 0. The molecule has 0 radical (unpaired) electrons. The second kappa shape index (κ2) is 4.05. The molecule has 0 saturated carbocycles. The average Bonchev–Trinajstić information content (AvgIpc) is 2.15. The van der Waals surface area contributed by atoms with Gasteiger partial charge in [0.05, 0.1) is 0 Å². The Hall–Kier alpha value is -1.31. The molecule has 1 unspecified atom stereocenters. The summed E-state index contributed by atoms with van der Waals surface area (Å²) in [5.74, 6) is 0.291. The molecule has 1 atom stereocenters. The summed E-state index contributed by atoms with van der Waals surface area (Å²) in [6.45, 7) is 8.09. The van der Waals surface area contributed by atoms with Crippen molar-refractivity contribution in [2.75, 3.05) is 0 Å². The van der Waals surface area contributed by atoms with Crippen LogP contribution in [-0.2, 0) is 0 Å². The van der Waals surface area contributed by atoms with Gasteiger partial charge in [0.15, 0.2) is 5.78 Å². The van der Waals surface area contributed by atoms with Gasteiger partial charge < -0.3 is 5.11 Å². The quantitative estimate of drug-likeness (QED) is 0.754. The van der Waals surface area contributed by atoms with E-state index in [9.17, 15) is 4.79 Å². The van der Waals surface area contributed by atoms with Crippen molar-refractivity contribution in [1.82, 2.24) is 0 Å². The Morgan fingerprint density at radius 2 is 1.67 bits per heavy atom. The number of Topliss-reactive ketones (excluding diaryl/α,β-unsaturated/α-hetero) is 1. The Balaban J connectivity index is 2.90. The Morgan fingerprint density at radius 1 is 1.20 bits per heavy atom. The SMILES string of the molecule is CC(C(=O)c1ccc(O)cc1)C(C)(C)C. The van der Waals surface area contributed by atoms with Gasteiger partial charge in [-0.3, -0.25) is 4.79 Å². The van der Waals surface area contributed by atoms with Crippen LogP contribution in [0.15, 0.2) is 24.3 Å². The van der Waals surface area contributed by atoms with E-state index in [1.54, 1.807) is 24.3 Å². The largest absolute Gasteiger partial charge is 0.508 e. The Labute approximate surface area is 90.9 Å². The van der Waals surface area contributed by atoms with Gasteiger partial charge >= 0.3 is 0 Å². The number of aromatic hydroxyl groups is 1. The van der Waals surface area contributed by atoms with Crippen LogP contribution in [0, 0.1) is 11.3 Å². The summed E-state index contributed by atoms with van der Waals surface area (Å²) in [6, 6.07) is 6.42. The van der Waals surface area contributed by atoms with E-state index in [1.807, 2.05) is 6.92 Å². The molecule has 0 heterocycles. The van der Waals surface area contributed by atoms with Crippen molar-refractivity contribution in [3.8, 4) is 5.75 Å². The number of carbonyl (C=O) groups excluding carboxylic acids is 1. The number of hydrogen-bond donors (Lipinski definition) is 1. The zero-order valence-corrected chi connectivity index (χ0v) is 9.74. The first kappa shape index (κ1) is 11.8. The van der Waals surface area contributed by atoms with Crippen molar-refractivity contribution >= 4 is 5.78 Å². The molecule has 0 aliphatic heterocycles. The molecule has 1 N–H and O–H groups in total. The first-order valence-electron chi connectivity index (χ1n) is 5.15. The van der Waals surface area contributed by atoms with Gasteiger partial charge in [-0.1, -0.05) is 27.7 Å². The third-order valence-electron chi connectivity index (χ3n) is 2.84. The molecule has 1 aromatic rings. The smallest absolute Gasteiger partial charge is 0.166 e. The van der Waals surface area contributed by atoms with Gasteiger partial charge in [0.1, 0.15) is 5.75 Å². The van der Waals surface area contributed by atoms with Crippen molar-refractivity contribution in [3.05, 3.63) is 29.8 Å². The van der Waals surface area contributed by atoms with Crippen LogP contribution in [0.25, 0.3) is 0 Å². The highest BCUT2D eigenvalue weighted by Crippen LogP contribution is 2.28. The Morgan fingerprint density at radius 3 is 2.07 bits per heavy atom. The summed E-state index contributed by atoms with van der Waals surface area (Å²) >= 11 is 0. The number of benzene rings is 1. The summed E-state index contributed by atoms with van der Waals surface area (Å²) in [6.07, 6.45) is 0. The van der Waals surface area contributed by atoms with Crippen LogP contribution in [0.1, 0.15) is 38.1 Å². The minimum absolute atomic E-state index is 0.0259. The van der Waals surface area contributed by atoms with E-state index in [-0.39, 0.29) is 22.9 Å². The maximum Gasteiger partial charge on any atom is 0.166 e. The summed E-state index contributed by atoms with van der Waals surface area (Å²) in [4.78, 5) is 12.0. The number of rotatable bonds is 2. The Bertz CT molecular complexity index is 344. The lowest BCUT2D eigenvalue weighted by Gasteiger charge is -2.25. The van der Waals surface area contributed by atoms with Crippen LogP contribution < -0.4 is 0 Å². The first-order chi connectivity index (χ1) is 6.82. The van der Waals surface area contributed by atoms with E-state index in [0.29, 0.717) is 5.56 Å². The maximum atomic E-state index is 12.0. The number of ketones is 1. The van der Waals surface area contributed by atoms with E-state index in [4.69, 9.17) is 5.11 Å². The molecule has 0 saturated heterocycles. The standard InChI is InChI=1S/C13H18O2/c1-9(13(2,3)4)12(15)10-5-7-11(14)8-6-10/h5-9,14H,1-4H3. The van der Waals surface area contributed by atoms with E-state index in [0.717, 1.165) is 0 Å². The molecule has 2 heteroatoms. The van der Waals surface area contributed by atoms with Gasteiger partial charge in [-0.15, -0.1) is 0 Å². The molecule has 0 spiro atoms. The topological polar surface area (TPSA) is 37.3 Å². The highest BCUT2D eigenvalue weighted by atomic mass is 16.3. The molecule has 0 aliphatic carbocycles. The predicted octanol–water partition coefficient (Wildman–Crippen LogP) is 3.26. The summed E-state index contributed by atoms with van der Waals surface area (Å²) in [5, 5.41) is 9.13. The maximum absolute atomic E-state index is 12.0. The van der Waals surface area contributed by atoms with Gasteiger partial charge in [-0.25, -0.2) is 0 Å². The molecular formula is C13H18O2. The van der Waals surface area contributed by atoms with Gasteiger partial charge in [-0.2, -0.15) is 0 Å². The zero-order chi connectivity index (χ0) is 11.6. The number of phenols is 1. The van der Waals surface area contributed by atoms with Crippen LogP contribution in [-0.4, -0.2) is 10.9 Å². The fourth-order valence-electron chi connectivity index (χ4n) is 1.27. The Kier molecular flexibility index (Phi) is 3.18. The molecular weight excluding hydrogens is 188 g/mol. The number of phenolic OH excluding ortho intramolecular Hbond substituents is 1. The lowest BCUT2D eigenvalue weighted by atomic mass is 9.78. The molecule has 0 aliphatic rings. The van der Waals surface area contributed by atoms with Crippen LogP contribution in [0.5, 0.6) is 5.75 Å². The molecule has 0 fully saturated rings. The van der Waals surface area contributed by atoms with Crippen molar-refractivity contribution in [2.24, 2.45) is 11.3 Å². The van der Waals surface area contributed by atoms with Crippen LogP contribution in [0.2, 0.25) is 0 Å². The minimum atomic E-state index is -0.0328. The highest BCUT2D eigenvalue weighted by Gasteiger charge is 2.27. The van der Waals surface area contributed by atoms with Crippen LogP contribution in [0.4, 0.5) is 0 Å². The van der Waals surface area contributed by atoms with Gasteiger partial charge in [-0.05, 0) is 29.7 Å². The summed E-state index contributed by atoms with van der Waals surface area (Å²) in [7, 11) is 0. The van der Waals surface area contributed by atoms with Crippen molar-refractivity contribution in [1.29, 1.82) is 0 Å². The minimum Gasteiger partial charge on any atom is -0.508 e. The third kappa shape index (κ3) is 2.82. The lowest BCUT2D eigenvalue weighted by molar-refractivity contribution is 0.0839. The van der Waals surface area contributed by atoms with E-state index >= 15 is 0 Å². The predicted molar refractivity (Wildman–Crippen MR) is 61.1 cm³/mol.